The number of benzene rings is 2. The van der Waals surface area contributed by atoms with E-state index in [2.05, 4.69) is 5.10 Å². The van der Waals surface area contributed by atoms with E-state index in [0.29, 0.717) is 16.3 Å². The third kappa shape index (κ3) is 3.93. The monoisotopic (exact) mass is 359 g/mol. The van der Waals surface area contributed by atoms with E-state index in [9.17, 15) is 18.0 Å². The van der Waals surface area contributed by atoms with Crippen molar-refractivity contribution < 1.29 is 18.0 Å². The smallest absolute Gasteiger partial charge is 0.331 e. The summed E-state index contributed by atoms with van der Waals surface area (Å²) in [6, 6.07) is 19.9. The summed E-state index contributed by atoms with van der Waals surface area (Å²) >= 11 is 0. The maximum Gasteiger partial charge on any atom is 0.406 e. The van der Waals surface area contributed by atoms with Crippen LogP contribution < -0.4 is 0 Å². The Hall–Kier alpha value is -3.09. The average molecular weight is 359 g/mol. The van der Waals surface area contributed by atoms with Crippen LogP contribution in [0.2, 0.25) is 0 Å². The standard InChI is InChI=1S/C19H16F3N3O/c1-24(13-19(20,21)22)18(26)16-12-17(14-8-4-2-5-9-14)25(23-16)15-10-6-3-7-11-15/h2-12H,13H2,1H3. The van der Waals surface area contributed by atoms with Gasteiger partial charge in [0.15, 0.2) is 5.69 Å². The molecule has 2 aromatic carbocycles. The lowest BCUT2D eigenvalue weighted by Gasteiger charge is -2.17. The van der Waals surface area contributed by atoms with Crippen molar-refractivity contribution in [3.8, 4) is 16.9 Å². The van der Waals surface area contributed by atoms with Crippen LogP contribution in [0.15, 0.2) is 66.7 Å². The normalized spacial score (nSPS) is 11.4. The van der Waals surface area contributed by atoms with Gasteiger partial charge in [0.2, 0.25) is 0 Å². The van der Waals surface area contributed by atoms with Gasteiger partial charge in [-0.15, -0.1) is 0 Å². The Labute approximate surface area is 148 Å². The maximum atomic E-state index is 12.6. The van der Waals surface area contributed by atoms with E-state index in [1.807, 2.05) is 60.7 Å². The topological polar surface area (TPSA) is 38.1 Å². The zero-order valence-electron chi connectivity index (χ0n) is 13.9. The molecule has 0 aliphatic heterocycles. The van der Waals surface area contributed by atoms with E-state index in [4.69, 9.17) is 0 Å². The fraction of sp³-hybridized carbons (Fsp3) is 0.158. The molecule has 1 heterocycles. The van der Waals surface area contributed by atoms with Crippen molar-refractivity contribution in [2.45, 2.75) is 6.18 Å². The minimum Gasteiger partial charge on any atom is -0.331 e. The van der Waals surface area contributed by atoms with Gasteiger partial charge < -0.3 is 4.90 Å². The van der Waals surface area contributed by atoms with Crippen molar-refractivity contribution >= 4 is 5.91 Å². The highest BCUT2D eigenvalue weighted by molar-refractivity contribution is 5.93. The molecule has 0 fully saturated rings. The van der Waals surface area contributed by atoms with Gasteiger partial charge in [-0.25, -0.2) is 4.68 Å². The number of nitrogens with zero attached hydrogens (tertiary/aromatic N) is 3. The number of carbonyl (C=O) groups excluding carboxylic acids is 1. The Morgan fingerprint density at radius 3 is 2.19 bits per heavy atom. The molecule has 0 unspecified atom stereocenters. The van der Waals surface area contributed by atoms with Gasteiger partial charge in [0, 0.05) is 12.6 Å². The van der Waals surface area contributed by atoms with Crippen LogP contribution in [0.3, 0.4) is 0 Å². The number of halogens is 3. The largest absolute Gasteiger partial charge is 0.406 e. The lowest BCUT2D eigenvalue weighted by atomic mass is 10.1. The van der Waals surface area contributed by atoms with E-state index in [1.54, 1.807) is 4.68 Å². The first-order valence-electron chi connectivity index (χ1n) is 7.88. The molecule has 134 valence electrons. The van der Waals surface area contributed by atoms with Crippen molar-refractivity contribution in [2.24, 2.45) is 0 Å². The summed E-state index contributed by atoms with van der Waals surface area (Å²) in [5.74, 6) is -0.783. The molecule has 3 rings (SSSR count). The fourth-order valence-corrected chi connectivity index (χ4v) is 2.60. The van der Waals surface area contributed by atoms with Crippen molar-refractivity contribution in [3.63, 3.8) is 0 Å². The molecule has 0 bridgehead atoms. The Bertz CT molecular complexity index is 832. The number of para-hydroxylation sites is 1. The Balaban J connectivity index is 2.03. The van der Waals surface area contributed by atoms with Gasteiger partial charge in [0.1, 0.15) is 6.54 Å². The molecule has 0 saturated heterocycles. The number of aromatic nitrogens is 2. The van der Waals surface area contributed by atoms with Gasteiger partial charge in [-0.05, 0) is 18.2 Å². The molecule has 4 nitrogen and oxygen atoms in total. The molecule has 26 heavy (non-hydrogen) atoms. The molecule has 0 aliphatic rings. The second-order valence-electron chi connectivity index (χ2n) is 5.80. The highest BCUT2D eigenvalue weighted by atomic mass is 19.4. The number of hydrogen-bond acceptors (Lipinski definition) is 2. The van der Waals surface area contributed by atoms with Gasteiger partial charge in [0.25, 0.3) is 5.91 Å². The molecule has 3 aromatic rings. The molecule has 0 saturated carbocycles. The quantitative estimate of drug-likeness (QED) is 0.701. The predicted octanol–water partition coefficient (Wildman–Crippen LogP) is 4.17. The maximum absolute atomic E-state index is 12.6. The van der Waals surface area contributed by atoms with E-state index in [1.165, 1.54) is 6.07 Å². The summed E-state index contributed by atoms with van der Waals surface area (Å²) in [5.41, 5.74) is 2.10. The van der Waals surface area contributed by atoms with E-state index < -0.39 is 18.6 Å². The summed E-state index contributed by atoms with van der Waals surface area (Å²) < 4.78 is 39.3. The van der Waals surface area contributed by atoms with E-state index >= 15 is 0 Å². The van der Waals surface area contributed by atoms with Crippen LogP contribution in [0, 0.1) is 0 Å². The predicted molar refractivity (Wildman–Crippen MR) is 92.0 cm³/mol. The average Bonchev–Trinajstić information content (AvgIpc) is 3.06. The lowest BCUT2D eigenvalue weighted by molar-refractivity contribution is -0.138. The Kier molecular flexibility index (Phi) is 4.79. The third-order valence-electron chi connectivity index (χ3n) is 3.76. The number of rotatable bonds is 4. The minimum atomic E-state index is -4.46. The molecule has 1 aromatic heterocycles. The third-order valence-corrected chi connectivity index (χ3v) is 3.76. The van der Waals surface area contributed by atoms with Crippen LogP contribution >= 0.6 is 0 Å². The summed E-state index contributed by atoms with van der Waals surface area (Å²) in [4.78, 5) is 13.0. The SMILES string of the molecule is CN(CC(F)(F)F)C(=O)c1cc(-c2ccccc2)n(-c2ccccc2)n1. The molecule has 0 N–H and O–H groups in total. The van der Waals surface area contributed by atoms with Crippen LogP contribution in [0.25, 0.3) is 16.9 Å². The summed E-state index contributed by atoms with van der Waals surface area (Å²) in [7, 11) is 1.11. The molecular weight excluding hydrogens is 343 g/mol. The second-order valence-corrected chi connectivity index (χ2v) is 5.80. The molecule has 0 atom stereocenters. The number of alkyl halides is 3. The van der Waals surface area contributed by atoms with Crippen LogP contribution in [0.4, 0.5) is 13.2 Å². The number of hydrogen-bond donors (Lipinski definition) is 0. The van der Waals surface area contributed by atoms with Gasteiger partial charge in [0.05, 0.1) is 11.4 Å². The van der Waals surface area contributed by atoms with Gasteiger partial charge >= 0.3 is 6.18 Å². The van der Waals surface area contributed by atoms with Crippen molar-refractivity contribution in [3.05, 3.63) is 72.4 Å². The first-order chi connectivity index (χ1) is 12.3. The van der Waals surface area contributed by atoms with E-state index in [-0.39, 0.29) is 5.69 Å². The highest BCUT2D eigenvalue weighted by Crippen LogP contribution is 2.25. The molecule has 1 amide bonds. The zero-order valence-corrected chi connectivity index (χ0v) is 13.9. The molecule has 0 aliphatic carbocycles. The summed E-state index contributed by atoms with van der Waals surface area (Å²) in [6.45, 7) is -1.33. The Morgan fingerprint density at radius 1 is 1.04 bits per heavy atom. The lowest BCUT2D eigenvalue weighted by Crippen LogP contribution is -2.36. The number of amides is 1. The Morgan fingerprint density at radius 2 is 1.62 bits per heavy atom. The molecule has 7 heteroatoms. The molecule has 0 radical (unpaired) electrons. The molecular formula is C19H16F3N3O. The first-order valence-corrected chi connectivity index (χ1v) is 7.88. The van der Waals surface area contributed by atoms with Crippen molar-refractivity contribution in [1.82, 2.24) is 14.7 Å². The fourth-order valence-electron chi connectivity index (χ4n) is 2.60. The first kappa shape index (κ1) is 17.7. The summed E-state index contributed by atoms with van der Waals surface area (Å²) in [5, 5.41) is 4.27. The van der Waals surface area contributed by atoms with Crippen LogP contribution in [0.1, 0.15) is 10.5 Å². The van der Waals surface area contributed by atoms with Gasteiger partial charge in [-0.1, -0.05) is 48.5 Å². The van der Waals surface area contributed by atoms with Gasteiger partial charge in [-0.2, -0.15) is 18.3 Å². The van der Waals surface area contributed by atoms with Gasteiger partial charge in [-0.3, -0.25) is 4.79 Å². The van der Waals surface area contributed by atoms with Crippen LogP contribution in [-0.4, -0.2) is 40.4 Å². The number of carbonyl (C=O) groups is 1. The molecule has 0 spiro atoms. The van der Waals surface area contributed by atoms with Crippen molar-refractivity contribution in [1.29, 1.82) is 0 Å². The zero-order chi connectivity index (χ0) is 18.7. The summed E-state index contributed by atoms with van der Waals surface area (Å²) in [6.07, 6.45) is -4.46. The highest BCUT2D eigenvalue weighted by Gasteiger charge is 2.32. The minimum absolute atomic E-state index is 0.0422. The second kappa shape index (κ2) is 7.03. The van der Waals surface area contributed by atoms with Crippen molar-refractivity contribution in [2.75, 3.05) is 13.6 Å². The van der Waals surface area contributed by atoms with E-state index in [0.717, 1.165) is 12.6 Å². The van der Waals surface area contributed by atoms with Crippen LogP contribution in [-0.2, 0) is 0 Å². The van der Waals surface area contributed by atoms with Crippen LogP contribution in [0.5, 0.6) is 0 Å².